The van der Waals surface area contributed by atoms with Gasteiger partial charge < -0.3 is 14.8 Å². The lowest BCUT2D eigenvalue weighted by atomic mass is 10.1. The van der Waals surface area contributed by atoms with Crippen LogP contribution < -0.4 is 14.8 Å². The molecule has 0 saturated heterocycles. The highest BCUT2D eigenvalue weighted by Gasteiger charge is 2.16. The zero-order valence-electron chi connectivity index (χ0n) is 10.8. The Labute approximate surface area is 112 Å². The Balaban J connectivity index is 2.95. The lowest BCUT2D eigenvalue weighted by Crippen LogP contribution is -2.35. The fourth-order valence-corrected chi connectivity index (χ4v) is 1.80. The molecule has 5 heteroatoms. The van der Waals surface area contributed by atoms with Crippen LogP contribution in [0.3, 0.4) is 0 Å². The number of amides is 1. The van der Waals surface area contributed by atoms with Crippen LogP contribution in [0.2, 0.25) is 0 Å². The first-order valence-electron chi connectivity index (χ1n) is 5.75. The number of rotatable bonds is 6. The molecule has 0 aliphatic rings. The van der Waals surface area contributed by atoms with Gasteiger partial charge in [0.2, 0.25) is 0 Å². The molecule has 1 unspecified atom stereocenters. The largest absolute Gasteiger partial charge is 0.497 e. The van der Waals surface area contributed by atoms with E-state index in [-0.39, 0.29) is 11.9 Å². The van der Waals surface area contributed by atoms with Gasteiger partial charge in [-0.25, -0.2) is 0 Å². The summed E-state index contributed by atoms with van der Waals surface area (Å²) in [5.41, 5.74) is 0.445. The number of ether oxygens (including phenoxy) is 2. The molecule has 1 atom stereocenters. The van der Waals surface area contributed by atoms with Gasteiger partial charge in [-0.15, -0.1) is 11.6 Å². The van der Waals surface area contributed by atoms with E-state index < -0.39 is 0 Å². The zero-order valence-corrected chi connectivity index (χ0v) is 11.6. The Morgan fingerprint density at radius 3 is 2.61 bits per heavy atom. The Kier molecular flexibility index (Phi) is 5.78. The van der Waals surface area contributed by atoms with Crippen molar-refractivity contribution in [3.63, 3.8) is 0 Å². The number of halogens is 1. The monoisotopic (exact) mass is 271 g/mol. The summed E-state index contributed by atoms with van der Waals surface area (Å²) in [5, 5.41) is 2.85. The van der Waals surface area contributed by atoms with Gasteiger partial charge in [-0.3, -0.25) is 4.79 Å². The van der Waals surface area contributed by atoms with Crippen LogP contribution in [0, 0.1) is 0 Å². The number of alkyl halides is 1. The van der Waals surface area contributed by atoms with Crippen LogP contribution >= 0.6 is 11.6 Å². The molecule has 1 aromatic carbocycles. The van der Waals surface area contributed by atoms with Crippen LogP contribution in [0.5, 0.6) is 11.5 Å². The van der Waals surface area contributed by atoms with E-state index in [0.717, 1.165) is 6.42 Å². The lowest BCUT2D eigenvalue weighted by molar-refractivity contribution is 0.0936. The van der Waals surface area contributed by atoms with Gasteiger partial charge in [0.1, 0.15) is 11.5 Å². The minimum absolute atomic E-state index is 0.0462. The molecular weight excluding hydrogens is 254 g/mol. The van der Waals surface area contributed by atoms with E-state index >= 15 is 0 Å². The van der Waals surface area contributed by atoms with Crippen LogP contribution in [0.4, 0.5) is 0 Å². The van der Waals surface area contributed by atoms with E-state index in [0.29, 0.717) is 22.9 Å². The van der Waals surface area contributed by atoms with Crippen molar-refractivity contribution in [3.05, 3.63) is 23.8 Å². The van der Waals surface area contributed by atoms with E-state index in [4.69, 9.17) is 21.1 Å². The number of benzene rings is 1. The standard InChI is InChI=1S/C13H18ClNO3/c1-4-9(8-14)15-13(16)11-7-10(17-2)5-6-12(11)18-3/h5-7,9H,4,8H2,1-3H3,(H,15,16). The molecule has 0 radical (unpaired) electrons. The third kappa shape index (κ3) is 3.53. The summed E-state index contributed by atoms with van der Waals surface area (Å²) in [6.07, 6.45) is 0.779. The number of hydrogen-bond acceptors (Lipinski definition) is 3. The number of methoxy groups -OCH3 is 2. The van der Waals surface area contributed by atoms with Gasteiger partial charge in [0.15, 0.2) is 0 Å². The molecular formula is C13H18ClNO3. The molecule has 0 bridgehead atoms. The van der Waals surface area contributed by atoms with Gasteiger partial charge in [-0.05, 0) is 24.6 Å². The van der Waals surface area contributed by atoms with Crippen LogP contribution in [-0.4, -0.2) is 32.0 Å². The molecule has 0 spiro atoms. The van der Waals surface area contributed by atoms with E-state index in [1.54, 1.807) is 25.3 Å². The average molecular weight is 272 g/mol. The first-order chi connectivity index (χ1) is 8.65. The Bertz CT molecular complexity index is 405. The maximum atomic E-state index is 12.1. The number of hydrogen-bond donors (Lipinski definition) is 1. The molecule has 4 nitrogen and oxygen atoms in total. The average Bonchev–Trinajstić information content (AvgIpc) is 2.43. The minimum Gasteiger partial charge on any atom is -0.497 e. The summed E-state index contributed by atoms with van der Waals surface area (Å²) in [6.45, 7) is 1.97. The molecule has 1 aromatic rings. The maximum absolute atomic E-state index is 12.1. The summed E-state index contributed by atoms with van der Waals surface area (Å²) in [5.74, 6) is 1.30. The fourth-order valence-electron chi connectivity index (χ4n) is 1.50. The van der Waals surface area contributed by atoms with E-state index in [2.05, 4.69) is 5.32 Å². The number of carbonyl (C=O) groups excluding carboxylic acids is 1. The van der Waals surface area contributed by atoms with Crippen molar-refractivity contribution in [2.24, 2.45) is 0 Å². The van der Waals surface area contributed by atoms with Crippen LogP contribution in [0.1, 0.15) is 23.7 Å². The molecule has 1 rings (SSSR count). The van der Waals surface area contributed by atoms with Gasteiger partial charge in [-0.1, -0.05) is 6.92 Å². The molecule has 0 heterocycles. The minimum atomic E-state index is -0.210. The first kappa shape index (κ1) is 14.6. The summed E-state index contributed by atoms with van der Waals surface area (Å²) < 4.78 is 10.3. The third-order valence-corrected chi connectivity index (χ3v) is 3.04. The molecule has 0 aromatic heterocycles. The van der Waals surface area contributed by atoms with Gasteiger partial charge in [0.05, 0.1) is 19.8 Å². The van der Waals surface area contributed by atoms with E-state index in [9.17, 15) is 4.79 Å². The van der Waals surface area contributed by atoms with Crippen molar-refractivity contribution in [1.29, 1.82) is 0 Å². The molecule has 1 N–H and O–H groups in total. The highest BCUT2D eigenvalue weighted by atomic mass is 35.5. The van der Waals surface area contributed by atoms with Gasteiger partial charge in [-0.2, -0.15) is 0 Å². The normalized spacial score (nSPS) is 11.8. The molecule has 0 aliphatic heterocycles. The highest BCUT2D eigenvalue weighted by Crippen LogP contribution is 2.23. The SMILES string of the molecule is CCC(CCl)NC(=O)c1cc(OC)ccc1OC. The summed E-state index contributed by atoms with van der Waals surface area (Å²) in [7, 11) is 3.08. The summed E-state index contributed by atoms with van der Waals surface area (Å²) in [6, 6.07) is 5.05. The van der Waals surface area contributed by atoms with Crippen molar-refractivity contribution < 1.29 is 14.3 Å². The predicted octanol–water partition coefficient (Wildman–Crippen LogP) is 2.45. The van der Waals surface area contributed by atoms with Crippen molar-refractivity contribution in [3.8, 4) is 11.5 Å². The molecule has 0 aliphatic carbocycles. The third-order valence-electron chi connectivity index (χ3n) is 2.67. The highest BCUT2D eigenvalue weighted by molar-refractivity contribution is 6.18. The second kappa shape index (κ2) is 7.11. The Morgan fingerprint density at radius 2 is 2.11 bits per heavy atom. The van der Waals surface area contributed by atoms with Crippen molar-refractivity contribution in [2.75, 3.05) is 20.1 Å². The number of nitrogens with one attached hydrogen (secondary N) is 1. The number of carbonyl (C=O) groups is 1. The Hall–Kier alpha value is -1.42. The van der Waals surface area contributed by atoms with E-state index in [1.165, 1.54) is 7.11 Å². The van der Waals surface area contributed by atoms with Crippen LogP contribution in [0.15, 0.2) is 18.2 Å². The van der Waals surface area contributed by atoms with Crippen LogP contribution in [-0.2, 0) is 0 Å². The maximum Gasteiger partial charge on any atom is 0.255 e. The topological polar surface area (TPSA) is 47.6 Å². The summed E-state index contributed by atoms with van der Waals surface area (Å²) >= 11 is 5.76. The second-order valence-corrected chi connectivity index (χ2v) is 4.11. The van der Waals surface area contributed by atoms with E-state index in [1.807, 2.05) is 6.92 Å². The van der Waals surface area contributed by atoms with Gasteiger partial charge >= 0.3 is 0 Å². The zero-order chi connectivity index (χ0) is 13.5. The smallest absolute Gasteiger partial charge is 0.255 e. The molecule has 18 heavy (non-hydrogen) atoms. The fraction of sp³-hybridized carbons (Fsp3) is 0.462. The second-order valence-electron chi connectivity index (χ2n) is 3.80. The summed E-state index contributed by atoms with van der Waals surface area (Å²) in [4.78, 5) is 12.1. The van der Waals surface area contributed by atoms with Gasteiger partial charge in [0.25, 0.3) is 5.91 Å². The molecule has 0 fully saturated rings. The molecule has 100 valence electrons. The first-order valence-corrected chi connectivity index (χ1v) is 6.28. The Morgan fingerprint density at radius 1 is 1.39 bits per heavy atom. The molecule has 0 saturated carbocycles. The van der Waals surface area contributed by atoms with Crippen molar-refractivity contribution in [2.45, 2.75) is 19.4 Å². The van der Waals surface area contributed by atoms with Crippen LogP contribution in [0.25, 0.3) is 0 Å². The molecule has 1 amide bonds. The van der Waals surface area contributed by atoms with Crippen molar-refractivity contribution in [1.82, 2.24) is 5.32 Å². The lowest BCUT2D eigenvalue weighted by Gasteiger charge is -2.15. The van der Waals surface area contributed by atoms with Crippen molar-refractivity contribution >= 4 is 17.5 Å². The van der Waals surface area contributed by atoms with Gasteiger partial charge in [0, 0.05) is 11.9 Å². The predicted molar refractivity (Wildman–Crippen MR) is 71.8 cm³/mol. The quantitative estimate of drug-likeness (QED) is 0.809.